The van der Waals surface area contributed by atoms with Crippen LogP contribution >= 0.6 is 0 Å². The highest BCUT2D eigenvalue weighted by Crippen LogP contribution is 2.30. The molecule has 1 saturated heterocycles. The van der Waals surface area contributed by atoms with Gasteiger partial charge in [-0.15, -0.1) is 0 Å². The van der Waals surface area contributed by atoms with Crippen molar-refractivity contribution in [2.45, 2.75) is 45.1 Å². The van der Waals surface area contributed by atoms with Crippen LogP contribution in [0.15, 0.2) is 30.3 Å². The van der Waals surface area contributed by atoms with Crippen molar-refractivity contribution in [3.8, 4) is 0 Å². The molecule has 0 aliphatic carbocycles. The predicted octanol–water partition coefficient (Wildman–Crippen LogP) is 2.77. The Morgan fingerprint density at radius 1 is 1.30 bits per heavy atom. The lowest BCUT2D eigenvalue weighted by atomic mass is 9.84. The van der Waals surface area contributed by atoms with E-state index in [1.807, 2.05) is 23.1 Å². The number of nitrogens with two attached hydrogens (primary N) is 1. The molecule has 1 heterocycles. The fourth-order valence-corrected chi connectivity index (χ4v) is 2.93. The van der Waals surface area contributed by atoms with Gasteiger partial charge in [0.2, 0.25) is 5.91 Å². The van der Waals surface area contributed by atoms with Gasteiger partial charge in [-0.1, -0.05) is 50.6 Å². The van der Waals surface area contributed by atoms with Crippen LogP contribution in [0.5, 0.6) is 0 Å². The van der Waals surface area contributed by atoms with Crippen molar-refractivity contribution in [3.63, 3.8) is 0 Å². The zero-order chi connectivity index (χ0) is 14.5. The van der Waals surface area contributed by atoms with Crippen molar-refractivity contribution in [1.82, 2.24) is 4.90 Å². The molecule has 0 spiro atoms. The smallest absolute Gasteiger partial charge is 0.230 e. The molecule has 0 aromatic heterocycles. The van der Waals surface area contributed by atoms with Gasteiger partial charge in [0, 0.05) is 19.1 Å². The molecule has 3 nitrogen and oxygen atoms in total. The topological polar surface area (TPSA) is 46.3 Å². The lowest BCUT2D eigenvalue weighted by Crippen LogP contribution is -2.45. The van der Waals surface area contributed by atoms with Crippen LogP contribution in [0.25, 0.3) is 0 Å². The van der Waals surface area contributed by atoms with Crippen LogP contribution in [-0.2, 0) is 4.79 Å². The summed E-state index contributed by atoms with van der Waals surface area (Å²) in [7, 11) is 0. The number of carbonyl (C=O) groups excluding carboxylic acids is 1. The molecule has 20 heavy (non-hydrogen) atoms. The van der Waals surface area contributed by atoms with Gasteiger partial charge in [0.15, 0.2) is 0 Å². The summed E-state index contributed by atoms with van der Waals surface area (Å²) in [5.74, 6) is 0.619. The number of hydrogen-bond acceptors (Lipinski definition) is 2. The van der Waals surface area contributed by atoms with Crippen LogP contribution in [0.1, 0.15) is 44.6 Å². The average Bonchev–Trinajstić information content (AvgIpc) is 2.49. The first-order valence-electron chi connectivity index (χ1n) is 7.72. The molecule has 2 rings (SSSR count). The molecule has 0 bridgehead atoms. The summed E-state index contributed by atoms with van der Waals surface area (Å²) in [6.45, 7) is 5.94. The Balaban J connectivity index is 2.17. The monoisotopic (exact) mass is 274 g/mol. The largest absolute Gasteiger partial charge is 0.342 e. The Labute approximate surface area is 122 Å². The van der Waals surface area contributed by atoms with E-state index in [0.717, 1.165) is 37.9 Å². The third kappa shape index (κ3) is 3.40. The summed E-state index contributed by atoms with van der Waals surface area (Å²) in [6, 6.07) is 10.4. The second-order valence-corrected chi connectivity index (χ2v) is 5.94. The molecular formula is C17H26N2O. The van der Waals surface area contributed by atoms with Crippen molar-refractivity contribution < 1.29 is 4.79 Å². The normalized spacial score (nSPS) is 19.6. The molecule has 2 atom stereocenters. The van der Waals surface area contributed by atoms with E-state index in [2.05, 4.69) is 26.0 Å². The van der Waals surface area contributed by atoms with E-state index in [-0.39, 0.29) is 17.9 Å². The highest BCUT2D eigenvalue weighted by Gasteiger charge is 2.31. The molecule has 2 N–H and O–H groups in total. The van der Waals surface area contributed by atoms with E-state index >= 15 is 0 Å². The summed E-state index contributed by atoms with van der Waals surface area (Å²) < 4.78 is 0. The number of amides is 1. The number of carbonyl (C=O) groups is 1. The molecule has 3 heteroatoms. The van der Waals surface area contributed by atoms with Crippen molar-refractivity contribution in [3.05, 3.63) is 35.9 Å². The minimum Gasteiger partial charge on any atom is -0.342 e. The van der Waals surface area contributed by atoms with Gasteiger partial charge >= 0.3 is 0 Å². The summed E-state index contributed by atoms with van der Waals surface area (Å²) in [5.41, 5.74) is 7.07. The van der Waals surface area contributed by atoms with Crippen molar-refractivity contribution in [1.29, 1.82) is 0 Å². The second kappa shape index (κ2) is 6.89. The van der Waals surface area contributed by atoms with Gasteiger partial charge < -0.3 is 10.6 Å². The lowest BCUT2D eigenvalue weighted by molar-refractivity contribution is -0.135. The molecule has 1 aromatic carbocycles. The molecule has 1 aliphatic heterocycles. The first kappa shape index (κ1) is 15.0. The first-order chi connectivity index (χ1) is 9.63. The van der Waals surface area contributed by atoms with Gasteiger partial charge in [-0.2, -0.15) is 0 Å². The minimum absolute atomic E-state index is 0.0180. The van der Waals surface area contributed by atoms with Crippen molar-refractivity contribution in [2.24, 2.45) is 11.7 Å². The Morgan fingerprint density at radius 3 is 2.45 bits per heavy atom. The van der Waals surface area contributed by atoms with E-state index in [0.29, 0.717) is 5.92 Å². The van der Waals surface area contributed by atoms with Gasteiger partial charge in [-0.3, -0.25) is 4.79 Å². The highest BCUT2D eigenvalue weighted by molar-refractivity contribution is 5.84. The molecule has 1 aromatic rings. The molecule has 1 fully saturated rings. The predicted molar refractivity (Wildman–Crippen MR) is 82.4 cm³/mol. The lowest BCUT2D eigenvalue weighted by Gasteiger charge is -2.34. The SMILES string of the molecule is CCC(C)C(C(=O)N1CCC(N)CC1)c1ccccc1. The second-order valence-electron chi connectivity index (χ2n) is 5.94. The summed E-state index contributed by atoms with van der Waals surface area (Å²) in [6.07, 6.45) is 2.86. The molecule has 110 valence electrons. The van der Waals surface area contributed by atoms with Crippen molar-refractivity contribution >= 4 is 5.91 Å². The maximum absolute atomic E-state index is 12.9. The number of benzene rings is 1. The Morgan fingerprint density at radius 2 is 1.90 bits per heavy atom. The van der Waals surface area contributed by atoms with Gasteiger partial charge in [-0.25, -0.2) is 0 Å². The number of rotatable bonds is 4. The van der Waals surface area contributed by atoms with Crippen LogP contribution < -0.4 is 5.73 Å². The van der Waals surface area contributed by atoms with Gasteiger partial charge in [0.05, 0.1) is 5.92 Å². The van der Waals surface area contributed by atoms with Gasteiger partial charge in [0.1, 0.15) is 0 Å². The Bertz CT molecular complexity index is 424. The summed E-state index contributed by atoms with van der Waals surface area (Å²) >= 11 is 0. The fraction of sp³-hybridized carbons (Fsp3) is 0.588. The van der Waals surface area contributed by atoms with E-state index in [4.69, 9.17) is 5.73 Å². The summed E-state index contributed by atoms with van der Waals surface area (Å²) in [4.78, 5) is 14.9. The number of likely N-dealkylation sites (tertiary alicyclic amines) is 1. The Kier molecular flexibility index (Phi) is 5.18. The van der Waals surface area contributed by atoms with Gasteiger partial charge in [0.25, 0.3) is 0 Å². The van der Waals surface area contributed by atoms with Crippen LogP contribution in [0.2, 0.25) is 0 Å². The van der Waals surface area contributed by atoms with Crippen LogP contribution in [0.3, 0.4) is 0 Å². The van der Waals surface area contributed by atoms with E-state index < -0.39 is 0 Å². The maximum Gasteiger partial charge on any atom is 0.230 e. The van der Waals surface area contributed by atoms with E-state index in [9.17, 15) is 4.79 Å². The Hall–Kier alpha value is -1.35. The van der Waals surface area contributed by atoms with Crippen LogP contribution in [-0.4, -0.2) is 29.9 Å². The zero-order valence-corrected chi connectivity index (χ0v) is 12.6. The zero-order valence-electron chi connectivity index (χ0n) is 12.6. The first-order valence-corrected chi connectivity index (χ1v) is 7.72. The molecule has 2 unspecified atom stereocenters. The molecule has 0 saturated carbocycles. The summed E-state index contributed by atoms with van der Waals surface area (Å²) in [5, 5.41) is 0. The quantitative estimate of drug-likeness (QED) is 0.917. The third-order valence-corrected chi connectivity index (χ3v) is 4.49. The molecular weight excluding hydrogens is 248 g/mol. The molecule has 1 aliphatic rings. The minimum atomic E-state index is -0.0180. The number of nitrogens with zero attached hydrogens (tertiary/aromatic N) is 1. The average molecular weight is 274 g/mol. The van der Waals surface area contributed by atoms with Crippen LogP contribution in [0.4, 0.5) is 0 Å². The number of hydrogen-bond donors (Lipinski definition) is 1. The van der Waals surface area contributed by atoms with Gasteiger partial charge in [-0.05, 0) is 24.3 Å². The number of piperidine rings is 1. The standard InChI is InChI=1S/C17H26N2O/c1-3-13(2)16(14-7-5-4-6-8-14)17(20)19-11-9-15(18)10-12-19/h4-8,13,15-16H,3,9-12,18H2,1-2H3. The third-order valence-electron chi connectivity index (χ3n) is 4.49. The van der Waals surface area contributed by atoms with Crippen molar-refractivity contribution in [2.75, 3.05) is 13.1 Å². The molecule has 0 radical (unpaired) electrons. The van der Waals surface area contributed by atoms with E-state index in [1.54, 1.807) is 0 Å². The fourth-order valence-electron chi connectivity index (χ4n) is 2.93. The highest BCUT2D eigenvalue weighted by atomic mass is 16.2. The molecule has 1 amide bonds. The van der Waals surface area contributed by atoms with Crippen LogP contribution in [0, 0.1) is 5.92 Å². The maximum atomic E-state index is 12.9. The van der Waals surface area contributed by atoms with E-state index in [1.165, 1.54) is 0 Å².